The predicted molar refractivity (Wildman–Crippen MR) is 105 cm³/mol. The monoisotopic (exact) mass is 338 g/mol. The van der Waals surface area contributed by atoms with E-state index >= 15 is 0 Å². The van der Waals surface area contributed by atoms with Crippen molar-refractivity contribution in [3.05, 3.63) is 27.8 Å². The Morgan fingerprint density at radius 3 is 1.54 bits per heavy atom. The van der Waals surface area contributed by atoms with Crippen molar-refractivity contribution in [2.45, 2.75) is 87.7 Å². The van der Waals surface area contributed by atoms with Gasteiger partial charge in [-0.3, -0.25) is 0 Å². The van der Waals surface area contributed by atoms with Crippen LogP contribution in [-0.2, 0) is 16.0 Å². The molecule has 0 saturated carbocycles. The van der Waals surface area contributed by atoms with E-state index in [1.54, 1.807) is 0 Å². The van der Waals surface area contributed by atoms with Crippen molar-refractivity contribution in [3.8, 4) is 5.75 Å². The fourth-order valence-electron chi connectivity index (χ4n) is 2.55. The minimum atomic E-state index is -0.00804. The Balaban J connectivity index is -0.000000484. The van der Waals surface area contributed by atoms with E-state index in [2.05, 4.69) is 41.5 Å². The topological polar surface area (TPSA) is 43.4 Å². The third-order valence-corrected chi connectivity index (χ3v) is 4.11. The number of ether oxygens (including phenoxy) is 1. The van der Waals surface area contributed by atoms with E-state index < -0.39 is 0 Å². The molecule has 1 aliphatic rings. The second-order valence-corrected chi connectivity index (χ2v) is 5.67. The highest BCUT2D eigenvalue weighted by atomic mass is 16.5. The van der Waals surface area contributed by atoms with Gasteiger partial charge in [0.05, 0.1) is 0 Å². The van der Waals surface area contributed by atoms with E-state index in [1.807, 2.05) is 41.3 Å². The first-order valence-electron chi connectivity index (χ1n) is 8.69. The number of fused-ring (bicyclic) bond motifs is 1. The number of rotatable bonds is 0. The Bertz CT molecular complexity index is 475. The summed E-state index contributed by atoms with van der Waals surface area (Å²) in [5.74, 6) is 1.15. The average molecular weight is 339 g/mol. The quantitative estimate of drug-likeness (QED) is 0.609. The Labute approximate surface area is 149 Å². The molecule has 24 heavy (non-hydrogen) atoms. The summed E-state index contributed by atoms with van der Waals surface area (Å²) >= 11 is 0. The van der Waals surface area contributed by atoms with Crippen LogP contribution in [0.15, 0.2) is 0 Å². The van der Waals surface area contributed by atoms with Crippen LogP contribution in [-0.4, -0.2) is 19.2 Å². The van der Waals surface area contributed by atoms with Gasteiger partial charge < -0.3 is 14.3 Å². The lowest BCUT2D eigenvalue weighted by molar-refractivity contribution is -0.0987. The van der Waals surface area contributed by atoms with E-state index in [1.165, 1.54) is 27.8 Å². The second-order valence-electron chi connectivity index (χ2n) is 5.67. The highest BCUT2D eigenvalue weighted by molar-refractivity contribution is 5.55. The number of benzene rings is 1. The van der Waals surface area contributed by atoms with Gasteiger partial charge >= 0.3 is 0 Å². The van der Waals surface area contributed by atoms with E-state index in [-0.39, 0.29) is 5.60 Å². The standard InChI is InChI=1S/C15H22O.2C2H6.2CH2O/c1-9-10(2)12(4)14-13(11(9)3)7-8-15(5,6)16-14;4*1-2/h7-8H2,1-6H3;2*1-2H3;2*1H2. The van der Waals surface area contributed by atoms with Gasteiger partial charge in [-0.05, 0) is 82.2 Å². The highest BCUT2D eigenvalue weighted by Crippen LogP contribution is 2.40. The molecule has 0 aliphatic carbocycles. The molecule has 0 radical (unpaired) electrons. The molecular formula is C21H38O3. The third kappa shape index (κ3) is 6.86. The van der Waals surface area contributed by atoms with Crippen LogP contribution in [0.5, 0.6) is 5.75 Å². The van der Waals surface area contributed by atoms with Gasteiger partial charge in [0, 0.05) is 0 Å². The number of carbonyl (C=O) groups is 2. The van der Waals surface area contributed by atoms with Crippen molar-refractivity contribution in [1.29, 1.82) is 0 Å². The summed E-state index contributed by atoms with van der Waals surface area (Å²) in [7, 11) is 0. The molecule has 2 rings (SSSR count). The molecule has 140 valence electrons. The lowest BCUT2D eigenvalue weighted by Crippen LogP contribution is -2.33. The number of hydrogen-bond donors (Lipinski definition) is 0. The maximum absolute atomic E-state index is 8.00. The van der Waals surface area contributed by atoms with Gasteiger partial charge in [0.1, 0.15) is 24.9 Å². The number of carbonyl (C=O) groups excluding carboxylic acids is 2. The van der Waals surface area contributed by atoms with Gasteiger partial charge in [-0.2, -0.15) is 0 Å². The Kier molecular flexibility index (Phi) is 15.6. The van der Waals surface area contributed by atoms with Gasteiger partial charge in [-0.15, -0.1) is 0 Å². The van der Waals surface area contributed by atoms with Crippen LogP contribution in [0, 0.1) is 27.7 Å². The molecule has 0 fully saturated rings. The van der Waals surface area contributed by atoms with E-state index in [4.69, 9.17) is 14.3 Å². The molecule has 3 nitrogen and oxygen atoms in total. The SMILES string of the molecule is C=O.C=O.CC.CC.Cc1c(C)c(C)c2c(c1C)CCC(C)(C)O2. The maximum atomic E-state index is 8.00. The van der Waals surface area contributed by atoms with Gasteiger partial charge in [-0.25, -0.2) is 0 Å². The van der Waals surface area contributed by atoms with Gasteiger partial charge in [0.15, 0.2) is 0 Å². The molecule has 1 aromatic carbocycles. The van der Waals surface area contributed by atoms with Crippen LogP contribution in [0.25, 0.3) is 0 Å². The minimum Gasteiger partial charge on any atom is -0.487 e. The number of hydrogen-bond acceptors (Lipinski definition) is 3. The van der Waals surface area contributed by atoms with Crippen LogP contribution in [0.1, 0.15) is 75.8 Å². The Hall–Kier alpha value is -1.64. The molecule has 0 aromatic heterocycles. The molecule has 1 aliphatic heterocycles. The van der Waals surface area contributed by atoms with Crippen LogP contribution in [0.2, 0.25) is 0 Å². The molecule has 0 saturated heterocycles. The largest absolute Gasteiger partial charge is 0.487 e. The van der Waals surface area contributed by atoms with Crippen molar-refractivity contribution in [2.75, 3.05) is 0 Å². The lowest BCUT2D eigenvalue weighted by Gasteiger charge is -2.35. The van der Waals surface area contributed by atoms with Gasteiger partial charge in [0.2, 0.25) is 0 Å². The smallest absolute Gasteiger partial charge is 0.126 e. The molecule has 0 spiro atoms. The summed E-state index contributed by atoms with van der Waals surface area (Å²) in [5.41, 5.74) is 6.99. The molecule has 1 heterocycles. The minimum absolute atomic E-state index is 0.00804. The molecule has 0 bridgehead atoms. The summed E-state index contributed by atoms with van der Waals surface area (Å²) in [6.45, 7) is 25.2. The lowest BCUT2D eigenvalue weighted by atomic mass is 9.86. The van der Waals surface area contributed by atoms with Crippen molar-refractivity contribution in [1.82, 2.24) is 0 Å². The zero-order valence-electron chi connectivity index (χ0n) is 17.6. The molecule has 0 unspecified atom stereocenters. The van der Waals surface area contributed by atoms with Crippen LogP contribution in [0.4, 0.5) is 0 Å². The third-order valence-electron chi connectivity index (χ3n) is 4.11. The predicted octanol–water partition coefficient (Wildman–Crippen LogP) is 5.71. The Morgan fingerprint density at radius 1 is 0.750 bits per heavy atom. The summed E-state index contributed by atoms with van der Waals surface area (Å²) in [5, 5.41) is 0. The van der Waals surface area contributed by atoms with Crippen LogP contribution < -0.4 is 4.74 Å². The van der Waals surface area contributed by atoms with Crippen molar-refractivity contribution in [3.63, 3.8) is 0 Å². The second kappa shape index (κ2) is 13.8. The fourth-order valence-corrected chi connectivity index (χ4v) is 2.55. The molecule has 3 heteroatoms. The van der Waals surface area contributed by atoms with E-state index in [0.717, 1.165) is 18.6 Å². The van der Waals surface area contributed by atoms with Gasteiger partial charge in [0.25, 0.3) is 0 Å². The fraction of sp³-hybridized carbons (Fsp3) is 0.619. The van der Waals surface area contributed by atoms with E-state index in [0.29, 0.717) is 0 Å². The zero-order chi connectivity index (χ0) is 20.1. The Morgan fingerprint density at radius 2 is 1.12 bits per heavy atom. The molecule has 0 N–H and O–H groups in total. The average Bonchev–Trinajstić information content (AvgIpc) is 2.64. The van der Waals surface area contributed by atoms with Crippen molar-refractivity contribution < 1.29 is 14.3 Å². The van der Waals surface area contributed by atoms with Crippen LogP contribution >= 0.6 is 0 Å². The first-order chi connectivity index (χ1) is 11.3. The maximum Gasteiger partial charge on any atom is 0.126 e. The molecule has 0 amide bonds. The highest BCUT2D eigenvalue weighted by Gasteiger charge is 2.29. The molecule has 1 aromatic rings. The van der Waals surface area contributed by atoms with E-state index in [9.17, 15) is 0 Å². The van der Waals surface area contributed by atoms with Crippen molar-refractivity contribution >= 4 is 13.6 Å². The first kappa shape index (κ1) is 27.2. The summed E-state index contributed by atoms with van der Waals surface area (Å²) in [6.07, 6.45) is 2.26. The summed E-state index contributed by atoms with van der Waals surface area (Å²) < 4.78 is 6.17. The van der Waals surface area contributed by atoms with Gasteiger partial charge in [-0.1, -0.05) is 27.7 Å². The molecule has 0 atom stereocenters. The van der Waals surface area contributed by atoms with Crippen LogP contribution in [0.3, 0.4) is 0 Å². The normalized spacial score (nSPS) is 12.8. The molecular weight excluding hydrogens is 300 g/mol. The zero-order valence-corrected chi connectivity index (χ0v) is 17.6. The first-order valence-corrected chi connectivity index (χ1v) is 8.69. The van der Waals surface area contributed by atoms with Crippen molar-refractivity contribution in [2.24, 2.45) is 0 Å². The summed E-state index contributed by atoms with van der Waals surface area (Å²) in [6, 6.07) is 0. The summed E-state index contributed by atoms with van der Waals surface area (Å²) in [4.78, 5) is 16.0.